The summed E-state index contributed by atoms with van der Waals surface area (Å²) in [5.74, 6) is 0.758. The van der Waals surface area contributed by atoms with Gasteiger partial charge in [0.15, 0.2) is 0 Å². The molecule has 0 saturated heterocycles. The van der Waals surface area contributed by atoms with Crippen LogP contribution in [0.25, 0.3) is 11.3 Å². The Morgan fingerprint density at radius 2 is 1.95 bits per heavy atom. The molecular formula is C16H20N4O. The van der Waals surface area contributed by atoms with E-state index in [4.69, 9.17) is 5.73 Å². The van der Waals surface area contributed by atoms with Gasteiger partial charge >= 0.3 is 6.03 Å². The smallest absolute Gasteiger partial charge is 0.341 e. The predicted molar refractivity (Wildman–Crippen MR) is 83.5 cm³/mol. The van der Waals surface area contributed by atoms with Gasteiger partial charge in [0.2, 0.25) is 0 Å². The van der Waals surface area contributed by atoms with E-state index in [1.807, 2.05) is 0 Å². The van der Waals surface area contributed by atoms with Crippen molar-refractivity contribution in [3.63, 3.8) is 0 Å². The van der Waals surface area contributed by atoms with Crippen LogP contribution >= 0.6 is 0 Å². The minimum Gasteiger partial charge on any atom is -0.370 e. The van der Waals surface area contributed by atoms with Gasteiger partial charge in [0.1, 0.15) is 5.82 Å². The average Bonchev–Trinajstić information content (AvgIpc) is 2.60. The first-order chi connectivity index (χ1) is 10.1. The topological polar surface area (TPSA) is 72.9 Å². The second kappa shape index (κ2) is 5.24. The summed E-state index contributed by atoms with van der Waals surface area (Å²) in [4.78, 5) is 11.6. The molecular weight excluding hydrogens is 264 g/mol. The van der Waals surface area contributed by atoms with E-state index in [9.17, 15) is 4.79 Å². The molecule has 1 aliphatic heterocycles. The maximum atomic E-state index is 11.6. The number of anilines is 1. The Kier molecular flexibility index (Phi) is 3.41. The van der Waals surface area contributed by atoms with Crippen LogP contribution in [0.1, 0.15) is 29.5 Å². The zero-order chi connectivity index (χ0) is 15.0. The number of benzene rings is 1. The van der Waals surface area contributed by atoms with Crippen molar-refractivity contribution in [2.45, 2.75) is 33.1 Å². The summed E-state index contributed by atoms with van der Waals surface area (Å²) >= 11 is 0. The van der Waals surface area contributed by atoms with Crippen LogP contribution in [0.3, 0.4) is 0 Å². The molecule has 3 rings (SSSR count). The summed E-state index contributed by atoms with van der Waals surface area (Å²) in [6.07, 6.45) is 3.08. The molecule has 0 radical (unpaired) electrons. The SMILES string of the molecule is Cc1cc(C)cc(-c2nn(C(N)=O)c3c2CCCCN3)c1. The van der Waals surface area contributed by atoms with Crippen LogP contribution in [-0.2, 0) is 6.42 Å². The molecule has 2 aromatic rings. The number of rotatable bonds is 1. The molecule has 0 spiro atoms. The number of nitrogens with one attached hydrogen (secondary N) is 1. The van der Waals surface area contributed by atoms with Crippen molar-refractivity contribution in [1.82, 2.24) is 9.78 Å². The van der Waals surface area contributed by atoms with Crippen molar-refractivity contribution < 1.29 is 4.79 Å². The number of fused-ring (bicyclic) bond motifs is 1. The zero-order valence-corrected chi connectivity index (χ0v) is 12.4. The summed E-state index contributed by atoms with van der Waals surface area (Å²) in [5.41, 5.74) is 10.8. The molecule has 0 atom stereocenters. The van der Waals surface area contributed by atoms with Crippen molar-refractivity contribution >= 4 is 11.8 Å². The van der Waals surface area contributed by atoms with Crippen molar-refractivity contribution in [2.75, 3.05) is 11.9 Å². The number of aromatic nitrogens is 2. The molecule has 21 heavy (non-hydrogen) atoms. The van der Waals surface area contributed by atoms with E-state index in [1.54, 1.807) is 0 Å². The van der Waals surface area contributed by atoms with Crippen LogP contribution < -0.4 is 11.1 Å². The number of amides is 1. The summed E-state index contributed by atoms with van der Waals surface area (Å²) < 4.78 is 1.30. The third-order valence-electron chi connectivity index (χ3n) is 3.83. The first-order valence-corrected chi connectivity index (χ1v) is 7.30. The molecule has 110 valence electrons. The van der Waals surface area contributed by atoms with E-state index in [-0.39, 0.29) is 0 Å². The van der Waals surface area contributed by atoms with Gasteiger partial charge in [-0.2, -0.15) is 9.78 Å². The number of hydrogen-bond acceptors (Lipinski definition) is 3. The van der Waals surface area contributed by atoms with Crippen LogP contribution in [0.15, 0.2) is 18.2 Å². The first-order valence-electron chi connectivity index (χ1n) is 7.30. The Hall–Kier alpha value is -2.30. The highest BCUT2D eigenvalue weighted by molar-refractivity contribution is 5.82. The van der Waals surface area contributed by atoms with Crippen LogP contribution in [0, 0.1) is 13.8 Å². The monoisotopic (exact) mass is 284 g/mol. The third kappa shape index (κ3) is 2.51. The molecule has 1 aromatic heterocycles. The fourth-order valence-electron chi connectivity index (χ4n) is 3.01. The molecule has 0 saturated carbocycles. The molecule has 0 aliphatic carbocycles. The highest BCUT2D eigenvalue weighted by Gasteiger charge is 2.23. The third-order valence-corrected chi connectivity index (χ3v) is 3.83. The molecule has 0 bridgehead atoms. The Morgan fingerprint density at radius 3 is 2.62 bits per heavy atom. The van der Waals surface area contributed by atoms with Gasteiger partial charge in [-0.25, -0.2) is 4.79 Å². The van der Waals surface area contributed by atoms with Crippen LogP contribution in [0.4, 0.5) is 10.6 Å². The van der Waals surface area contributed by atoms with Gasteiger partial charge < -0.3 is 11.1 Å². The number of nitrogens with zero attached hydrogens (tertiary/aromatic N) is 2. The number of carbonyl (C=O) groups excluding carboxylic acids is 1. The van der Waals surface area contributed by atoms with E-state index in [2.05, 4.69) is 42.5 Å². The second-order valence-corrected chi connectivity index (χ2v) is 5.69. The molecule has 0 unspecified atom stereocenters. The molecule has 1 aliphatic rings. The highest BCUT2D eigenvalue weighted by atomic mass is 16.2. The van der Waals surface area contributed by atoms with Crippen LogP contribution in [0.2, 0.25) is 0 Å². The van der Waals surface area contributed by atoms with Gasteiger partial charge in [-0.15, -0.1) is 0 Å². The van der Waals surface area contributed by atoms with Crippen molar-refractivity contribution in [3.8, 4) is 11.3 Å². The lowest BCUT2D eigenvalue weighted by atomic mass is 10.0. The molecule has 5 heteroatoms. The Labute approximate surface area is 124 Å². The van der Waals surface area contributed by atoms with Gasteiger partial charge in [-0.05, 0) is 45.2 Å². The lowest BCUT2D eigenvalue weighted by molar-refractivity contribution is 0.248. The van der Waals surface area contributed by atoms with Gasteiger partial charge in [0.25, 0.3) is 0 Å². The zero-order valence-electron chi connectivity index (χ0n) is 12.4. The van der Waals surface area contributed by atoms with Crippen LogP contribution in [-0.4, -0.2) is 22.4 Å². The van der Waals surface area contributed by atoms with Gasteiger partial charge in [0.05, 0.1) is 5.69 Å². The second-order valence-electron chi connectivity index (χ2n) is 5.69. The first kappa shape index (κ1) is 13.7. The summed E-state index contributed by atoms with van der Waals surface area (Å²) in [6.45, 7) is 4.98. The van der Waals surface area contributed by atoms with Gasteiger partial charge in [0, 0.05) is 17.7 Å². The van der Waals surface area contributed by atoms with Gasteiger partial charge in [-0.1, -0.05) is 17.2 Å². The van der Waals surface area contributed by atoms with E-state index in [0.717, 1.165) is 48.4 Å². The summed E-state index contributed by atoms with van der Waals surface area (Å²) in [6, 6.07) is 5.79. The van der Waals surface area contributed by atoms with E-state index in [1.165, 1.54) is 15.8 Å². The fraction of sp³-hybridized carbons (Fsp3) is 0.375. The normalized spacial score (nSPS) is 14.2. The van der Waals surface area contributed by atoms with Crippen LogP contribution in [0.5, 0.6) is 0 Å². The average molecular weight is 284 g/mol. The molecule has 5 nitrogen and oxygen atoms in total. The van der Waals surface area contributed by atoms with Crippen molar-refractivity contribution in [1.29, 1.82) is 0 Å². The van der Waals surface area contributed by atoms with Crippen molar-refractivity contribution in [3.05, 3.63) is 34.9 Å². The number of nitrogens with two attached hydrogens (primary N) is 1. The predicted octanol–water partition coefficient (Wildman–Crippen LogP) is 2.84. The number of aryl methyl sites for hydroxylation is 2. The lowest BCUT2D eigenvalue weighted by Crippen LogP contribution is -2.23. The Balaban J connectivity index is 2.20. The molecule has 2 heterocycles. The largest absolute Gasteiger partial charge is 0.370 e. The van der Waals surface area contributed by atoms with Crippen molar-refractivity contribution in [2.24, 2.45) is 5.73 Å². The Morgan fingerprint density at radius 1 is 1.24 bits per heavy atom. The van der Waals surface area contributed by atoms with Gasteiger partial charge in [-0.3, -0.25) is 0 Å². The summed E-state index contributed by atoms with van der Waals surface area (Å²) in [7, 11) is 0. The lowest BCUT2D eigenvalue weighted by Gasteiger charge is -2.05. The summed E-state index contributed by atoms with van der Waals surface area (Å²) in [5, 5.41) is 7.76. The quantitative estimate of drug-likeness (QED) is 0.845. The number of carbonyl (C=O) groups is 1. The molecule has 1 aromatic carbocycles. The molecule has 3 N–H and O–H groups in total. The highest BCUT2D eigenvalue weighted by Crippen LogP contribution is 2.32. The number of hydrogen-bond donors (Lipinski definition) is 2. The maximum absolute atomic E-state index is 11.6. The minimum atomic E-state index is -0.545. The van der Waals surface area contributed by atoms with E-state index >= 15 is 0 Å². The fourth-order valence-corrected chi connectivity index (χ4v) is 3.01. The molecule has 1 amide bonds. The van der Waals surface area contributed by atoms with E-state index < -0.39 is 6.03 Å². The Bertz CT molecular complexity index is 682. The van der Waals surface area contributed by atoms with E-state index in [0.29, 0.717) is 0 Å². The number of primary amides is 1. The molecule has 0 fully saturated rings. The standard InChI is InChI=1S/C16H20N4O/c1-10-7-11(2)9-12(8-10)14-13-5-3-4-6-18-15(13)20(19-14)16(17)21/h7-9,18H,3-6H2,1-2H3,(H2,17,21). The minimum absolute atomic E-state index is 0.545. The maximum Gasteiger partial charge on any atom is 0.341 e.